The molecule has 0 heterocycles. The number of rotatable bonds is 8. The lowest BCUT2D eigenvalue weighted by Crippen LogP contribution is -2.34. The summed E-state index contributed by atoms with van der Waals surface area (Å²) in [4.78, 5) is 2.17. The molecule has 0 saturated heterocycles. The zero-order valence-corrected chi connectivity index (χ0v) is 12.1. The average Bonchev–Trinajstić information content (AvgIpc) is 2.41. The van der Waals surface area contributed by atoms with Gasteiger partial charge < -0.3 is 15.7 Å². The molecule has 0 fully saturated rings. The van der Waals surface area contributed by atoms with Crippen molar-refractivity contribution in [3.8, 4) is 0 Å². The van der Waals surface area contributed by atoms with Crippen molar-refractivity contribution < 1.29 is 13.9 Å². The van der Waals surface area contributed by atoms with Crippen molar-refractivity contribution in [3.63, 3.8) is 0 Å². The number of hydrogen-bond acceptors (Lipinski definition) is 3. The van der Waals surface area contributed by atoms with Crippen molar-refractivity contribution in [2.24, 2.45) is 5.73 Å². The quantitative estimate of drug-likeness (QED) is 0.772. The van der Waals surface area contributed by atoms with Crippen molar-refractivity contribution >= 4 is 0 Å². The molecule has 3 nitrogen and oxygen atoms in total. The number of hydrogen-bond donors (Lipinski definition) is 2. The van der Waals surface area contributed by atoms with Gasteiger partial charge in [0.15, 0.2) is 11.6 Å². The topological polar surface area (TPSA) is 49.5 Å². The van der Waals surface area contributed by atoms with Gasteiger partial charge in [-0.15, -0.1) is 0 Å². The van der Waals surface area contributed by atoms with Gasteiger partial charge >= 0.3 is 0 Å². The van der Waals surface area contributed by atoms with Crippen LogP contribution in [0.3, 0.4) is 0 Å². The van der Waals surface area contributed by atoms with Crippen LogP contribution in [0.2, 0.25) is 0 Å². The Morgan fingerprint density at radius 2 is 1.95 bits per heavy atom. The predicted molar refractivity (Wildman–Crippen MR) is 76.3 cm³/mol. The van der Waals surface area contributed by atoms with E-state index in [1.807, 2.05) is 0 Å². The van der Waals surface area contributed by atoms with E-state index in [2.05, 4.69) is 18.7 Å². The molecule has 0 bridgehead atoms. The van der Waals surface area contributed by atoms with E-state index < -0.39 is 17.7 Å². The summed E-state index contributed by atoms with van der Waals surface area (Å²) in [6.45, 7) is 5.73. The summed E-state index contributed by atoms with van der Waals surface area (Å²) in [5.74, 6) is -1.72. The van der Waals surface area contributed by atoms with Gasteiger partial charge in [-0.2, -0.15) is 0 Å². The summed E-state index contributed by atoms with van der Waals surface area (Å²) in [5.41, 5.74) is 6.18. The third-order valence-corrected chi connectivity index (χ3v) is 3.44. The van der Waals surface area contributed by atoms with Crippen LogP contribution in [0.15, 0.2) is 18.2 Å². The second-order valence-electron chi connectivity index (χ2n) is 5.25. The second-order valence-corrected chi connectivity index (χ2v) is 5.25. The van der Waals surface area contributed by atoms with Gasteiger partial charge in [0.1, 0.15) is 0 Å². The Hall–Kier alpha value is -1.04. The van der Waals surface area contributed by atoms with Crippen LogP contribution >= 0.6 is 0 Å². The fourth-order valence-corrected chi connectivity index (χ4v) is 2.17. The van der Waals surface area contributed by atoms with Crippen molar-refractivity contribution in [1.29, 1.82) is 0 Å². The molecule has 114 valence electrons. The first kappa shape index (κ1) is 17.0. The normalized spacial score (nSPS) is 13.2. The maximum absolute atomic E-state index is 13.6. The fourth-order valence-electron chi connectivity index (χ4n) is 2.17. The van der Waals surface area contributed by atoms with Crippen molar-refractivity contribution in [1.82, 2.24) is 4.90 Å². The van der Waals surface area contributed by atoms with E-state index in [0.29, 0.717) is 25.4 Å². The second kappa shape index (κ2) is 8.29. The predicted octanol–water partition coefficient (Wildman–Crippen LogP) is 2.45. The maximum Gasteiger partial charge on any atom is 0.163 e. The molecule has 0 saturated carbocycles. The van der Waals surface area contributed by atoms with Gasteiger partial charge in [-0.3, -0.25) is 0 Å². The van der Waals surface area contributed by atoms with Crippen LogP contribution < -0.4 is 5.73 Å². The third kappa shape index (κ3) is 4.81. The Morgan fingerprint density at radius 3 is 2.55 bits per heavy atom. The average molecular weight is 286 g/mol. The zero-order valence-electron chi connectivity index (χ0n) is 12.1. The van der Waals surface area contributed by atoms with Crippen molar-refractivity contribution in [3.05, 3.63) is 35.4 Å². The first-order chi connectivity index (χ1) is 9.47. The minimum atomic E-state index is -0.862. The number of halogens is 2. The van der Waals surface area contributed by atoms with Crippen molar-refractivity contribution in [2.45, 2.75) is 38.8 Å². The van der Waals surface area contributed by atoms with E-state index in [4.69, 9.17) is 10.8 Å². The number of aliphatic hydroxyl groups is 1. The Morgan fingerprint density at radius 1 is 1.25 bits per heavy atom. The van der Waals surface area contributed by atoms with Crippen LogP contribution in [-0.2, 0) is 0 Å². The Bertz CT molecular complexity index is 413. The number of benzene rings is 1. The highest BCUT2D eigenvalue weighted by atomic mass is 19.2. The molecule has 0 aliphatic carbocycles. The smallest absolute Gasteiger partial charge is 0.163 e. The molecule has 0 aromatic heterocycles. The monoisotopic (exact) mass is 286 g/mol. The highest BCUT2D eigenvalue weighted by Gasteiger charge is 2.16. The van der Waals surface area contributed by atoms with Gasteiger partial charge in [0.05, 0.1) is 0 Å². The van der Waals surface area contributed by atoms with Gasteiger partial charge in [-0.1, -0.05) is 12.1 Å². The highest BCUT2D eigenvalue weighted by molar-refractivity contribution is 5.22. The first-order valence-corrected chi connectivity index (χ1v) is 7.01. The van der Waals surface area contributed by atoms with Gasteiger partial charge in [-0.25, -0.2) is 8.78 Å². The SMILES string of the molecule is CC(C)N(CCCO)CCC(N)c1cccc(F)c1F. The van der Waals surface area contributed by atoms with E-state index in [-0.39, 0.29) is 12.2 Å². The molecule has 1 aromatic carbocycles. The van der Waals surface area contributed by atoms with Crippen LogP contribution in [0.5, 0.6) is 0 Å². The largest absolute Gasteiger partial charge is 0.396 e. The number of aliphatic hydroxyl groups excluding tert-OH is 1. The van der Waals surface area contributed by atoms with Crippen LogP contribution in [0.1, 0.15) is 38.3 Å². The minimum absolute atomic E-state index is 0.147. The van der Waals surface area contributed by atoms with Crippen LogP contribution in [-0.4, -0.2) is 35.7 Å². The van der Waals surface area contributed by atoms with Gasteiger partial charge in [0.2, 0.25) is 0 Å². The Labute approximate surface area is 119 Å². The molecular formula is C15H24F2N2O. The standard InChI is InChI=1S/C15H24F2N2O/c1-11(2)19(8-4-10-20)9-7-14(18)12-5-3-6-13(16)15(12)17/h3,5-6,11,14,20H,4,7-10,18H2,1-2H3. The molecule has 5 heteroatoms. The first-order valence-electron chi connectivity index (χ1n) is 7.01. The molecule has 1 aromatic rings. The Balaban J connectivity index is 2.60. The van der Waals surface area contributed by atoms with Gasteiger partial charge in [0.25, 0.3) is 0 Å². The summed E-state index contributed by atoms with van der Waals surface area (Å²) in [6, 6.07) is 3.88. The van der Waals surface area contributed by atoms with E-state index in [9.17, 15) is 8.78 Å². The van der Waals surface area contributed by atoms with E-state index in [0.717, 1.165) is 12.6 Å². The lowest BCUT2D eigenvalue weighted by atomic mass is 10.0. The lowest BCUT2D eigenvalue weighted by Gasteiger charge is -2.27. The summed E-state index contributed by atoms with van der Waals surface area (Å²) in [5, 5.41) is 8.88. The van der Waals surface area contributed by atoms with E-state index in [1.54, 1.807) is 0 Å². The number of nitrogens with zero attached hydrogens (tertiary/aromatic N) is 1. The Kier molecular flexibility index (Phi) is 7.05. The summed E-state index contributed by atoms with van der Waals surface area (Å²) < 4.78 is 26.8. The molecule has 0 aliphatic rings. The molecule has 1 unspecified atom stereocenters. The van der Waals surface area contributed by atoms with Crippen molar-refractivity contribution in [2.75, 3.05) is 19.7 Å². The minimum Gasteiger partial charge on any atom is -0.396 e. The maximum atomic E-state index is 13.6. The molecule has 1 rings (SSSR count). The third-order valence-electron chi connectivity index (χ3n) is 3.44. The van der Waals surface area contributed by atoms with Gasteiger partial charge in [0, 0.05) is 37.3 Å². The van der Waals surface area contributed by atoms with Gasteiger partial charge in [-0.05, 0) is 32.8 Å². The lowest BCUT2D eigenvalue weighted by molar-refractivity contribution is 0.186. The zero-order chi connectivity index (χ0) is 15.1. The molecular weight excluding hydrogens is 262 g/mol. The van der Waals surface area contributed by atoms with E-state index in [1.165, 1.54) is 12.1 Å². The summed E-state index contributed by atoms with van der Waals surface area (Å²) in [6.07, 6.45) is 1.24. The molecule has 20 heavy (non-hydrogen) atoms. The molecule has 1 atom stereocenters. The summed E-state index contributed by atoms with van der Waals surface area (Å²) >= 11 is 0. The highest BCUT2D eigenvalue weighted by Crippen LogP contribution is 2.20. The van der Waals surface area contributed by atoms with Crippen LogP contribution in [0.4, 0.5) is 8.78 Å². The van der Waals surface area contributed by atoms with Crippen LogP contribution in [0, 0.1) is 11.6 Å². The number of nitrogens with two attached hydrogens (primary N) is 1. The summed E-state index contributed by atoms with van der Waals surface area (Å²) in [7, 11) is 0. The molecule has 0 spiro atoms. The fraction of sp³-hybridized carbons (Fsp3) is 0.600. The molecule has 0 aliphatic heterocycles. The van der Waals surface area contributed by atoms with Crippen LogP contribution in [0.25, 0.3) is 0 Å². The molecule has 0 amide bonds. The molecule has 0 radical (unpaired) electrons. The molecule has 3 N–H and O–H groups in total. The van der Waals surface area contributed by atoms with E-state index >= 15 is 0 Å².